The van der Waals surface area contributed by atoms with E-state index in [0.717, 1.165) is 5.56 Å². The molecule has 5 nitrogen and oxygen atoms in total. The summed E-state index contributed by atoms with van der Waals surface area (Å²) in [6, 6.07) is 12.5. The normalized spacial score (nSPS) is 11.7. The number of ether oxygens (including phenoxy) is 3. The Hall–Kier alpha value is -2.24. The van der Waals surface area contributed by atoms with Crippen LogP contribution in [0, 0.1) is 0 Å². The Morgan fingerprint density at radius 2 is 1.83 bits per heavy atom. The summed E-state index contributed by atoms with van der Waals surface area (Å²) in [5.41, 5.74) is 1.21. The Labute approximate surface area is 146 Å². The van der Waals surface area contributed by atoms with Gasteiger partial charge in [-0.2, -0.15) is 0 Å². The smallest absolute Gasteiger partial charge is 0.255 e. The minimum Gasteiger partial charge on any atom is -0.493 e. The zero-order chi connectivity index (χ0) is 17.5. The van der Waals surface area contributed by atoms with Crippen molar-refractivity contribution in [2.45, 2.75) is 6.10 Å². The quantitative estimate of drug-likeness (QED) is 0.831. The number of para-hydroxylation sites is 1. The highest BCUT2D eigenvalue weighted by Gasteiger charge is 2.19. The summed E-state index contributed by atoms with van der Waals surface area (Å²) in [5, 5.41) is 3.44. The molecule has 0 aliphatic carbocycles. The fourth-order valence-corrected chi connectivity index (χ4v) is 2.66. The molecule has 1 atom stereocenters. The van der Waals surface area contributed by atoms with Crippen molar-refractivity contribution in [3.8, 4) is 11.5 Å². The molecule has 2 aromatic rings. The van der Waals surface area contributed by atoms with E-state index >= 15 is 0 Å². The van der Waals surface area contributed by atoms with Gasteiger partial charge in [-0.1, -0.05) is 35.9 Å². The topological polar surface area (TPSA) is 56.8 Å². The fourth-order valence-electron chi connectivity index (χ4n) is 2.40. The van der Waals surface area contributed by atoms with Crippen LogP contribution in [0.1, 0.15) is 22.0 Å². The zero-order valence-corrected chi connectivity index (χ0v) is 14.6. The first kappa shape index (κ1) is 18.1. The number of nitrogens with one attached hydrogen (secondary N) is 1. The highest BCUT2D eigenvalue weighted by molar-refractivity contribution is 6.31. The first-order valence-corrected chi connectivity index (χ1v) is 7.76. The van der Waals surface area contributed by atoms with Gasteiger partial charge in [0.1, 0.15) is 6.10 Å². The average Bonchev–Trinajstić information content (AvgIpc) is 2.62. The van der Waals surface area contributed by atoms with Gasteiger partial charge in [0.2, 0.25) is 0 Å². The Kier molecular flexibility index (Phi) is 6.46. The number of benzene rings is 2. The Bertz CT molecular complexity index is 705. The molecule has 1 N–H and O–H groups in total. The van der Waals surface area contributed by atoms with E-state index < -0.39 is 0 Å². The number of rotatable bonds is 7. The van der Waals surface area contributed by atoms with E-state index in [0.29, 0.717) is 22.1 Å². The second-order valence-electron chi connectivity index (χ2n) is 5.00. The van der Waals surface area contributed by atoms with Crippen LogP contribution in [-0.2, 0) is 4.74 Å². The molecule has 0 aromatic heterocycles. The lowest BCUT2D eigenvalue weighted by atomic mass is 10.1. The van der Waals surface area contributed by atoms with Crippen LogP contribution in [-0.4, -0.2) is 33.8 Å². The third-order valence-electron chi connectivity index (χ3n) is 3.63. The van der Waals surface area contributed by atoms with Crippen LogP contribution in [0.4, 0.5) is 0 Å². The maximum atomic E-state index is 12.5. The summed E-state index contributed by atoms with van der Waals surface area (Å²) < 4.78 is 15.9. The molecule has 0 saturated heterocycles. The van der Waals surface area contributed by atoms with E-state index in [9.17, 15) is 4.79 Å². The van der Waals surface area contributed by atoms with Crippen molar-refractivity contribution in [2.75, 3.05) is 27.9 Å². The first-order valence-electron chi connectivity index (χ1n) is 7.38. The third kappa shape index (κ3) is 3.99. The van der Waals surface area contributed by atoms with Crippen molar-refractivity contribution in [2.24, 2.45) is 0 Å². The molecule has 0 aliphatic heterocycles. The van der Waals surface area contributed by atoms with E-state index in [1.54, 1.807) is 31.4 Å². The van der Waals surface area contributed by atoms with E-state index in [-0.39, 0.29) is 18.6 Å². The minimum atomic E-state index is -0.348. The summed E-state index contributed by atoms with van der Waals surface area (Å²) in [6.07, 6.45) is -0.348. The molecule has 0 heterocycles. The lowest BCUT2D eigenvalue weighted by Gasteiger charge is -2.18. The van der Waals surface area contributed by atoms with Crippen molar-refractivity contribution < 1.29 is 19.0 Å². The summed E-state index contributed by atoms with van der Waals surface area (Å²) >= 11 is 6.19. The van der Waals surface area contributed by atoms with Crippen molar-refractivity contribution in [1.29, 1.82) is 0 Å². The van der Waals surface area contributed by atoms with Gasteiger partial charge in [0.25, 0.3) is 5.91 Å². The molecule has 0 radical (unpaired) electrons. The molecule has 0 saturated carbocycles. The predicted octanol–water partition coefficient (Wildman–Crippen LogP) is 3.47. The summed E-state index contributed by atoms with van der Waals surface area (Å²) in [4.78, 5) is 12.5. The lowest BCUT2D eigenvalue weighted by molar-refractivity contribution is 0.0825. The zero-order valence-electron chi connectivity index (χ0n) is 13.8. The van der Waals surface area contributed by atoms with Crippen molar-refractivity contribution in [3.05, 3.63) is 58.6 Å². The monoisotopic (exact) mass is 349 g/mol. The summed E-state index contributed by atoms with van der Waals surface area (Å²) in [7, 11) is 4.60. The van der Waals surface area contributed by atoms with Crippen LogP contribution in [0.5, 0.6) is 11.5 Å². The van der Waals surface area contributed by atoms with Crippen LogP contribution in [0.3, 0.4) is 0 Å². The summed E-state index contributed by atoms with van der Waals surface area (Å²) in [5.74, 6) is 0.614. The van der Waals surface area contributed by atoms with E-state index in [1.165, 1.54) is 14.2 Å². The highest BCUT2D eigenvalue weighted by atomic mass is 35.5. The Morgan fingerprint density at radius 1 is 1.08 bits per heavy atom. The molecule has 1 amide bonds. The largest absolute Gasteiger partial charge is 0.493 e. The van der Waals surface area contributed by atoms with Gasteiger partial charge in [-0.25, -0.2) is 0 Å². The molecule has 128 valence electrons. The molecular weight excluding hydrogens is 330 g/mol. The number of carbonyl (C=O) groups excluding carboxylic acids is 1. The fraction of sp³-hybridized carbons (Fsp3) is 0.278. The predicted molar refractivity (Wildman–Crippen MR) is 93.1 cm³/mol. The molecule has 0 spiro atoms. The third-order valence-corrected chi connectivity index (χ3v) is 3.98. The second-order valence-corrected chi connectivity index (χ2v) is 5.40. The van der Waals surface area contributed by atoms with Gasteiger partial charge >= 0.3 is 0 Å². The number of methoxy groups -OCH3 is 3. The van der Waals surface area contributed by atoms with Crippen LogP contribution in [0.2, 0.25) is 5.02 Å². The number of carbonyl (C=O) groups is 1. The SMILES string of the molecule is COc1cccc(C(=O)NCC(OC)c2ccccc2Cl)c1OC. The maximum Gasteiger partial charge on any atom is 0.255 e. The molecule has 2 aromatic carbocycles. The van der Waals surface area contributed by atoms with Crippen LogP contribution in [0.25, 0.3) is 0 Å². The Balaban J connectivity index is 2.14. The molecule has 2 rings (SSSR count). The standard InChI is InChI=1S/C18H20ClNO4/c1-22-15-10-6-8-13(17(15)24-3)18(21)20-11-16(23-2)12-7-4-5-9-14(12)19/h4-10,16H,11H2,1-3H3,(H,20,21). The van der Waals surface area contributed by atoms with Gasteiger partial charge < -0.3 is 19.5 Å². The van der Waals surface area contributed by atoms with Crippen molar-refractivity contribution in [1.82, 2.24) is 5.32 Å². The van der Waals surface area contributed by atoms with E-state index in [1.807, 2.05) is 18.2 Å². The van der Waals surface area contributed by atoms with Gasteiger partial charge in [0.15, 0.2) is 11.5 Å². The summed E-state index contributed by atoms with van der Waals surface area (Å²) in [6.45, 7) is 0.277. The average molecular weight is 350 g/mol. The molecule has 0 bridgehead atoms. The van der Waals surface area contributed by atoms with Crippen LogP contribution in [0.15, 0.2) is 42.5 Å². The second kappa shape index (κ2) is 8.57. The molecular formula is C18H20ClNO4. The van der Waals surface area contributed by atoms with Crippen LogP contribution >= 0.6 is 11.6 Å². The van der Waals surface area contributed by atoms with Crippen molar-refractivity contribution >= 4 is 17.5 Å². The highest BCUT2D eigenvalue weighted by Crippen LogP contribution is 2.31. The van der Waals surface area contributed by atoms with Crippen LogP contribution < -0.4 is 14.8 Å². The molecule has 1 unspecified atom stereocenters. The van der Waals surface area contributed by atoms with Gasteiger partial charge in [0, 0.05) is 24.2 Å². The Morgan fingerprint density at radius 3 is 2.46 bits per heavy atom. The number of halogens is 1. The number of hydrogen-bond donors (Lipinski definition) is 1. The first-order chi connectivity index (χ1) is 11.6. The minimum absolute atomic E-state index is 0.277. The van der Waals surface area contributed by atoms with Crippen molar-refractivity contribution in [3.63, 3.8) is 0 Å². The molecule has 0 fully saturated rings. The number of amides is 1. The molecule has 0 aliphatic rings. The van der Waals surface area contributed by atoms with Gasteiger partial charge in [-0.05, 0) is 18.2 Å². The van der Waals surface area contributed by atoms with Gasteiger partial charge in [0.05, 0.1) is 19.8 Å². The lowest BCUT2D eigenvalue weighted by Crippen LogP contribution is -2.29. The van der Waals surface area contributed by atoms with E-state index in [2.05, 4.69) is 5.32 Å². The van der Waals surface area contributed by atoms with E-state index in [4.69, 9.17) is 25.8 Å². The van der Waals surface area contributed by atoms with Gasteiger partial charge in [-0.15, -0.1) is 0 Å². The van der Waals surface area contributed by atoms with Gasteiger partial charge in [-0.3, -0.25) is 4.79 Å². The molecule has 6 heteroatoms. The maximum absolute atomic E-state index is 12.5. The number of hydrogen-bond acceptors (Lipinski definition) is 4. The molecule has 24 heavy (non-hydrogen) atoms.